The molecule has 1 atom stereocenters. The Morgan fingerprint density at radius 3 is 2.76 bits per heavy atom. The highest BCUT2D eigenvalue weighted by Gasteiger charge is 2.44. The van der Waals surface area contributed by atoms with Crippen molar-refractivity contribution in [2.24, 2.45) is 18.2 Å². The molecule has 1 aromatic rings. The summed E-state index contributed by atoms with van der Waals surface area (Å²) in [5, 5.41) is 14.3. The van der Waals surface area contributed by atoms with E-state index in [1.54, 1.807) is 4.68 Å². The molecule has 4 rings (SSSR count). The maximum absolute atomic E-state index is 12.9. The second kappa shape index (κ2) is 5.22. The van der Waals surface area contributed by atoms with Crippen molar-refractivity contribution in [1.29, 1.82) is 5.26 Å². The fraction of sp³-hybridized carbons (Fsp3) is 0.526. The monoisotopic (exact) mass is 338 g/mol. The number of Topliss-reactive ketones (excluding diaryl/α,β-unsaturated/α-hetero) is 1. The van der Waals surface area contributed by atoms with Gasteiger partial charge >= 0.3 is 0 Å². The van der Waals surface area contributed by atoms with E-state index in [0.29, 0.717) is 35.7 Å². The number of hydrogen-bond donors (Lipinski definition) is 1. The average molecular weight is 338 g/mol. The van der Waals surface area contributed by atoms with Crippen LogP contribution in [-0.2, 0) is 16.6 Å². The molecule has 2 heterocycles. The molecule has 2 N–H and O–H groups in total. The van der Waals surface area contributed by atoms with Crippen molar-refractivity contribution < 1.29 is 9.53 Å². The van der Waals surface area contributed by atoms with Crippen LogP contribution in [0.3, 0.4) is 0 Å². The van der Waals surface area contributed by atoms with Crippen LogP contribution in [0.1, 0.15) is 62.8 Å². The molecule has 130 valence electrons. The molecule has 0 amide bonds. The van der Waals surface area contributed by atoms with E-state index in [-0.39, 0.29) is 17.1 Å². The number of ether oxygens (including phenoxy) is 1. The maximum Gasteiger partial charge on any atom is 0.205 e. The third kappa shape index (κ3) is 2.55. The van der Waals surface area contributed by atoms with Crippen LogP contribution >= 0.6 is 0 Å². The standard InChI is InChI=1S/C19H22N4O2/c1-19(2)7-14(24)17-15(8-19)25-18(21)11(9-20)16(17)13-6-12(10-4-5-10)22-23(13)3/h6,10,16H,4-5,7-8,21H2,1-3H3/t16-/m1/s1. The van der Waals surface area contributed by atoms with Crippen molar-refractivity contribution in [1.82, 2.24) is 9.78 Å². The van der Waals surface area contributed by atoms with Gasteiger partial charge in [-0.1, -0.05) is 13.8 Å². The van der Waals surface area contributed by atoms with Crippen LogP contribution in [0.25, 0.3) is 0 Å². The Morgan fingerprint density at radius 1 is 1.40 bits per heavy atom. The van der Waals surface area contributed by atoms with E-state index >= 15 is 0 Å². The third-order valence-electron chi connectivity index (χ3n) is 5.30. The number of allylic oxidation sites excluding steroid dienone is 3. The zero-order chi connectivity index (χ0) is 17.9. The SMILES string of the molecule is Cn1nc(C2CC2)cc1[C@H]1C(C#N)=C(N)OC2=C1C(=O)CC(C)(C)C2. The van der Waals surface area contributed by atoms with Crippen molar-refractivity contribution in [3.63, 3.8) is 0 Å². The zero-order valence-electron chi connectivity index (χ0n) is 14.8. The van der Waals surface area contributed by atoms with Gasteiger partial charge in [0.2, 0.25) is 5.88 Å². The fourth-order valence-electron chi connectivity index (χ4n) is 3.93. The quantitative estimate of drug-likeness (QED) is 0.895. The number of carbonyl (C=O) groups is 1. The number of carbonyl (C=O) groups excluding carboxylic acids is 1. The van der Waals surface area contributed by atoms with Crippen molar-refractivity contribution in [2.45, 2.75) is 51.4 Å². The first-order valence-electron chi connectivity index (χ1n) is 8.68. The fourth-order valence-corrected chi connectivity index (χ4v) is 3.93. The Hall–Kier alpha value is -2.55. The van der Waals surface area contributed by atoms with E-state index in [1.807, 2.05) is 27.0 Å². The van der Waals surface area contributed by atoms with E-state index < -0.39 is 5.92 Å². The third-order valence-corrected chi connectivity index (χ3v) is 5.30. The second-order valence-corrected chi connectivity index (χ2v) is 8.09. The molecule has 3 aliphatic rings. The van der Waals surface area contributed by atoms with Gasteiger partial charge in [0.25, 0.3) is 0 Å². The molecule has 6 heteroatoms. The van der Waals surface area contributed by atoms with Crippen LogP contribution < -0.4 is 5.73 Å². The number of rotatable bonds is 2. The van der Waals surface area contributed by atoms with E-state index in [4.69, 9.17) is 10.5 Å². The lowest BCUT2D eigenvalue weighted by Gasteiger charge is -2.37. The van der Waals surface area contributed by atoms with Gasteiger partial charge < -0.3 is 10.5 Å². The summed E-state index contributed by atoms with van der Waals surface area (Å²) in [6, 6.07) is 4.18. The molecule has 25 heavy (non-hydrogen) atoms. The molecule has 0 aromatic carbocycles. The normalized spacial score (nSPS) is 25.5. The summed E-state index contributed by atoms with van der Waals surface area (Å²) >= 11 is 0. The predicted octanol–water partition coefficient (Wildman–Crippen LogP) is 2.75. The van der Waals surface area contributed by atoms with E-state index in [9.17, 15) is 10.1 Å². The van der Waals surface area contributed by atoms with Crippen LogP contribution in [0, 0.1) is 16.7 Å². The lowest BCUT2D eigenvalue weighted by atomic mass is 9.71. The number of aromatic nitrogens is 2. The van der Waals surface area contributed by atoms with Gasteiger partial charge in [0.05, 0.1) is 17.3 Å². The topological polar surface area (TPSA) is 93.9 Å². The van der Waals surface area contributed by atoms with E-state index in [1.165, 1.54) is 0 Å². The van der Waals surface area contributed by atoms with Gasteiger partial charge in [-0.2, -0.15) is 10.4 Å². The van der Waals surface area contributed by atoms with Gasteiger partial charge in [-0.05, 0) is 24.3 Å². The van der Waals surface area contributed by atoms with Gasteiger partial charge in [0.15, 0.2) is 5.78 Å². The summed E-state index contributed by atoms with van der Waals surface area (Å²) in [7, 11) is 1.86. The lowest BCUT2D eigenvalue weighted by Crippen LogP contribution is -2.34. The average Bonchev–Trinajstić information content (AvgIpc) is 3.28. The first kappa shape index (κ1) is 15.9. The number of aryl methyl sites for hydroxylation is 1. The molecule has 1 aromatic heterocycles. The van der Waals surface area contributed by atoms with Gasteiger partial charge in [-0.3, -0.25) is 9.48 Å². The summed E-state index contributed by atoms with van der Waals surface area (Å²) in [6.07, 6.45) is 3.37. The summed E-state index contributed by atoms with van der Waals surface area (Å²) in [5.74, 6) is 0.761. The van der Waals surface area contributed by atoms with Gasteiger partial charge in [-0.25, -0.2) is 0 Å². The molecule has 0 bridgehead atoms. The summed E-state index contributed by atoms with van der Waals surface area (Å²) < 4.78 is 7.51. The maximum atomic E-state index is 12.9. The van der Waals surface area contributed by atoms with Crippen molar-refractivity contribution in [2.75, 3.05) is 0 Å². The minimum Gasteiger partial charge on any atom is -0.444 e. The highest BCUT2D eigenvalue weighted by molar-refractivity contribution is 5.99. The van der Waals surface area contributed by atoms with Gasteiger partial charge in [0, 0.05) is 31.4 Å². The van der Waals surface area contributed by atoms with Crippen molar-refractivity contribution >= 4 is 5.78 Å². The Kier molecular flexibility index (Phi) is 3.33. The number of ketones is 1. The largest absolute Gasteiger partial charge is 0.444 e. The second-order valence-electron chi connectivity index (χ2n) is 8.09. The molecule has 1 fully saturated rings. The molecule has 0 saturated heterocycles. The highest BCUT2D eigenvalue weighted by atomic mass is 16.5. The Bertz CT molecular complexity index is 878. The number of nitrogens with zero attached hydrogens (tertiary/aromatic N) is 3. The smallest absolute Gasteiger partial charge is 0.205 e. The first-order valence-corrected chi connectivity index (χ1v) is 8.68. The zero-order valence-corrected chi connectivity index (χ0v) is 14.8. The van der Waals surface area contributed by atoms with Crippen molar-refractivity contribution in [3.05, 3.63) is 40.2 Å². The van der Waals surface area contributed by atoms with E-state index in [0.717, 1.165) is 24.2 Å². The molecule has 0 radical (unpaired) electrons. The van der Waals surface area contributed by atoms with Crippen LogP contribution in [0.4, 0.5) is 0 Å². The molecular formula is C19H22N4O2. The van der Waals surface area contributed by atoms with Gasteiger partial charge in [-0.15, -0.1) is 0 Å². The lowest BCUT2D eigenvalue weighted by molar-refractivity contribution is -0.119. The molecule has 0 unspecified atom stereocenters. The van der Waals surface area contributed by atoms with E-state index in [2.05, 4.69) is 11.2 Å². The Balaban J connectivity index is 1.87. The number of nitrogens with two attached hydrogens (primary N) is 1. The molecule has 2 aliphatic carbocycles. The minimum absolute atomic E-state index is 0.0330. The summed E-state index contributed by atoms with van der Waals surface area (Å²) in [4.78, 5) is 12.9. The first-order chi connectivity index (χ1) is 11.8. The number of nitriles is 1. The molecular weight excluding hydrogens is 316 g/mol. The minimum atomic E-state index is -0.484. The molecule has 1 saturated carbocycles. The van der Waals surface area contributed by atoms with Crippen LogP contribution in [-0.4, -0.2) is 15.6 Å². The van der Waals surface area contributed by atoms with Crippen LogP contribution in [0.2, 0.25) is 0 Å². The molecule has 6 nitrogen and oxygen atoms in total. The Morgan fingerprint density at radius 2 is 2.12 bits per heavy atom. The summed E-state index contributed by atoms with van der Waals surface area (Å²) in [6.45, 7) is 4.09. The highest BCUT2D eigenvalue weighted by Crippen LogP contribution is 2.48. The summed E-state index contributed by atoms with van der Waals surface area (Å²) in [5.41, 5.74) is 8.63. The predicted molar refractivity (Wildman–Crippen MR) is 90.9 cm³/mol. The van der Waals surface area contributed by atoms with Crippen LogP contribution in [0.15, 0.2) is 28.9 Å². The van der Waals surface area contributed by atoms with Gasteiger partial charge in [0.1, 0.15) is 17.4 Å². The molecule has 0 spiro atoms. The van der Waals surface area contributed by atoms with Crippen LogP contribution in [0.5, 0.6) is 0 Å². The number of hydrogen-bond acceptors (Lipinski definition) is 5. The van der Waals surface area contributed by atoms with Crippen molar-refractivity contribution in [3.8, 4) is 6.07 Å². The Labute approximate surface area is 146 Å². The molecule has 1 aliphatic heterocycles.